The highest BCUT2D eigenvalue weighted by Gasteiger charge is 2.29. The zero-order valence-electron chi connectivity index (χ0n) is 12.5. The zero-order valence-corrected chi connectivity index (χ0v) is 13.4. The Morgan fingerprint density at radius 2 is 1.95 bits per heavy atom. The molecule has 0 aliphatic heterocycles. The summed E-state index contributed by atoms with van der Waals surface area (Å²) in [6, 6.07) is 7.31. The Kier molecular flexibility index (Phi) is 3.64. The molecule has 1 amide bonds. The first-order chi connectivity index (χ1) is 10.4. The minimum atomic E-state index is -2.57. The average Bonchev–Trinajstić information content (AvgIpc) is 3.31. The number of hydrogen-bond acceptors (Lipinski definition) is 4. The molecule has 1 aromatic carbocycles. The third kappa shape index (κ3) is 2.83. The van der Waals surface area contributed by atoms with E-state index in [0.29, 0.717) is 5.82 Å². The summed E-state index contributed by atoms with van der Waals surface area (Å²) < 4.78 is 21.8. The summed E-state index contributed by atoms with van der Waals surface area (Å²) in [5.41, 5.74) is 0.729. The Balaban J connectivity index is 1.92. The van der Waals surface area contributed by atoms with Crippen molar-refractivity contribution in [3.05, 3.63) is 36.0 Å². The van der Waals surface area contributed by atoms with Crippen molar-refractivity contribution in [3.63, 3.8) is 0 Å². The molecule has 1 saturated carbocycles. The summed E-state index contributed by atoms with van der Waals surface area (Å²) in [6.07, 6.45) is 3.56. The summed E-state index contributed by atoms with van der Waals surface area (Å²) >= 11 is 0. The van der Waals surface area contributed by atoms with Crippen LogP contribution in [0.15, 0.2) is 30.5 Å². The number of pyridine rings is 1. The zero-order chi connectivity index (χ0) is 15.9. The summed E-state index contributed by atoms with van der Waals surface area (Å²) in [6.45, 7) is 3.36. The fraction of sp³-hybridized carbons (Fsp3) is 0.375. The number of anilines is 1. The van der Waals surface area contributed by atoms with Crippen LogP contribution in [0.5, 0.6) is 0 Å². The molecule has 1 aliphatic carbocycles. The molecule has 3 rings (SSSR count). The minimum absolute atomic E-state index is 0.0213. The third-order valence-electron chi connectivity index (χ3n) is 4.08. The van der Waals surface area contributed by atoms with Gasteiger partial charge < -0.3 is 5.32 Å². The lowest BCUT2D eigenvalue weighted by Crippen LogP contribution is -2.18. The quantitative estimate of drug-likeness (QED) is 0.849. The summed E-state index contributed by atoms with van der Waals surface area (Å²) in [5.74, 6) is 0.688. The fourth-order valence-electron chi connectivity index (χ4n) is 2.27. The monoisotopic (exact) mass is 318 g/mol. The number of thiol groups is 1. The molecular weight excluding hydrogens is 300 g/mol. The van der Waals surface area contributed by atoms with Crippen molar-refractivity contribution in [2.75, 3.05) is 5.32 Å². The molecule has 1 fully saturated rings. The number of amides is 1. The van der Waals surface area contributed by atoms with Crippen molar-refractivity contribution >= 4 is 33.2 Å². The molecule has 0 radical (unpaired) electrons. The van der Waals surface area contributed by atoms with Gasteiger partial charge in [0.05, 0.1) is 4.75 Å². The van der Waals surface area contributed by atoms with E-state index in [4.69, 9.17) is 0 Å². The van der Waals surface area contributed by atoms with Crippen molar-refractivity contribution in [2.45, 2.75) is 31.4 Å². The van der Waals surface area contributed by atoms with E-state index in [2.05, 4.69) is 10.3 Å². The molecule has 116 valence electrons. The van der Waals surface area contributed by atoms with Crippen molar-refractivity contribution in [1.29, 1.82) is 0 Å². The van der Waals surface area contributed by atoms with Crippen LogP contribution in [0.1, 0.15) is 32.3 Å². The maximum absolute atomic E-state index is 11.8. The number of nitrogens with zero attached hydrogens (tertiary/aromatic N) is 1. The Labute approximate surface area is 130 Å². The highest BCUT2D eigenvalue weighted by atomic mass is 32.2. The van der Waals surface area contributed by atoms with Crippen molar-refractivity contribution in [2.24, 2.45) is 5.92 Å². The number of carbonyl (C=O) groups excluding carboxylic acids is 1. The van der Waals surface area contributed by atoms with E-state index in [1.54, 1.807) is 26.1 Å². The predicted octanol–water partition coefficient (Wildman–Crippen LogP) is 2.43. The van der Waals surface area contributed by atoms with Gasteiger partial charge >= 0.3 is 0 Å². The van der Waals surface area contributed by atoms with Crippen molar-refractivity contribution < 1.29 is 13.2 Å². The molecule has 0 spiro atoms. The lowest BCUT2D eigenvalue weighted by molar-refractivity contribution is -0.117. The van der Waals surface area contributed by atoms with Crippen LogP contribution in [0.4, 0.5) is 5.82 Å². The van der Waals surface area contributed by atoms with E-state index in [9.17, 15) is 13.2 Å². The number of benzene rings is 1. The van der Waals surface area contributed by atoms with Gasteiger partial charge in [0.25, 0.3) is 0 Å². The minimum Gasteiger partial charge on any atom is -0.310 e. The summed E-state index contributed by atoms with van der Waals surface area (Å²) in [5, 5.41) is 4.58. The van der Waals surface area contributed by atoms with E-state index >= 15 is 0 Å². The van der Waals surface area contributed by atoms with Gasteiger partial charge in [0.2, 0.25) is 5.91 Å². The first-order valence-electron chi connectivity index (χ1n) is 7.23. The van der Waals surface area contributed by atoms with Gasteiger partial charge in [-0.3, -0.25) is 4.79 Å². The van der Waals surface area contributed by atoms with E-state index in [-0.39, 0.29) is 11.8 Å². The molecular formula is C16H18N2O3S. The molecule has 6 heteroatoms. The highest BCUT2D eigenvalue weighted by molar-refractivity contribution is 7.73. The summed E-state index contributed by atoms with van der Waals surface area (Å²) in [4.78, 5) is 16.0. The van der Waals surface area contributed by atoms with E-state index in [1.807, 2.05) is 18.2 Å². The van der Waals surface area contributed by atoms with Crippen LogP contribution in [-0.2, 0) is 20.2 Å². The fourth-order valence-corrected chi connectivity index (χ4v) is 2.62. The molecule has 1 aliphatic rings. The predicted molar refractivity (Wildman–Crippen MR) is 86.4 cm³/mol. The molecule has 0 saturated heterocycles. The van der Waals surface area contributed by atoms with Gasteiger partial charge in [-0.05, 0) is 49.8 Å². The smallest absolute Gasteiger partial charge is 0.228 e. The van der Waals surface area contributed by atoms with Crippen LogP contribution in [0.25, 0.3) is 10.8 Å². The van der Waals surface area contributed by atoms with E-state index < -0.39 is 15.5 Å². The van der Waals surface area contributed by atoms with Crippen LogP contribution in [0.3, 0.4) is 0 Å². The van der Waals surface area contributed by atoms with Crippen LogP contribution in [0.2, 0.25) is 0 Å². The molecule has 2 aromatic rings. The van der Waals surface area contributed by atoms with Crippen molar-refractivity contribution in [3.8, 4) is 0 Å². The van der Waals surface area contributed by atoms with E-state index in [0.717, 1.165) is 29.2 Å². The molecule has 0 unspecified atom stereocenters. The van der Waals surface area contributed by atoms with Crippen LogP contribution in [-0.4, -0.2) is 19.3 Å². The Bertz CT molecular complexity index is 815. The van der Waals surface area contributed by atoms with Crippen LogP contribution in [0, 0.1) is 5.92 Å². The van der Waals surface area contributed by atoms with Gasteiger partial charge in [-0.2, -0.15) is 0 Å². The number of aromatic nitrogens is 1. The molecule has 1 heterocycles. The Morgan fingerprint density at radius 3 is 2.59 bits per heavy atom. The first kappa shape index (κ1) is 15.0. The Morgan fingerprint density at radius 1 is 1.23 bits per heavy atom. The molecule has 1 aromatic heterocycles. The van der Waals surface area contributed by atoms with Gasteiger partial charge in [0.1, 0.15) is 16.5 Å². The SMILES string of the molecule is CC(C)(c1ccc2cc(NC(=O)C3CC3)ncc2c1)[SH](=O)=O. The van der Waals surface area contributed by atoms with Gasteiger partial charge in [0, 0.05) is 17.5 Å². The molecule has 0 atom stereocenters. The highest BCUT2D eigenvalue weighted by Crippen LogP contribution is 2.31. The van der Waals surface area contributed by atoms with Gasteiger partial charge in [-0.1, -0.05) is 12.1 Å². The average molecular weight is 318 g/mol. The van der Waals surface area contributed by atoms with Gasteiger partial charge in [-0.15, -0.1) is 0 Å². The van der Waals surface area contributed by atoms with Crippen LogP contribution >= 0.6 is 0 Å². The second-order valence-corrected chi connectivity index (χ2v) is 7.84. The number of fused-ring (bicyclic) bond motifs is 1. The Hall–Kier alpha value is -1.95. The largest absolute Gasteiger partial charge is 0.310 e. The maximum atomic E-state index is 11.8. The molecule has 22 heavy (non-hydrogen) atoms. The summed E-state index contributed by atoms with van der Waals surface area (Å²) in [7, 11) is -2.57. The molecule has 1 N–H and O–H groups in total. The van der Waals surface area contributed by atoms with Crippen LogP contribution < -0.4 is 5.32 Å². The van der Waals surface area contributed by atoms with Gasteiger partial charge in [-0.25, -0.2) is 13.4 Å². The number of carbonyl (C=O) groups is 1. The number of hydrogen-bond donors (Lipinski definition) is 2. The van der Waals surface area contributed by atoms with E-state index in [1.165, 1.54) is 0 Å². The second kappa shape index (κ2) is 5.35. The lowest BCUT2D eigenvalue weighted by atomic mass is 9.99. The standard InChI is InChI=1S/C16H18N2O3S/c1-16(2,22(20)21)13-6-5-11-8-14(17-9-12(11)7-13)18-15(19)10-3-4-10/h5-10,22H,3-4H2,1-2H3,(H,17,18,19). The molecule has 5 nitrogen and oxygen atoms in total. The number of nitrogens with one attached hydrogen (secondary N) is 1. The maximum Gasteiger partial charge on any atom is 0.228 e. The lowest BCUT2D eigenvalue weighted by Gasteiger charge is -2.18. The van der Waals surface area contributed by atoms with Gasteiger partial charge in [0.15, 0.2) is 0 Å². The normalized spacial score (nSPS) is 15.2. The topological polar surface area (TPSA) is 76.1 Å². The van der Waals surface area contributed by atoms with Crippen molar-refractivity contribution in [1.82, 2.24) is 4.98 Å². The number of rotatable bonds is 4. The second-order valence-electron chi connectivity index (χ2n) is 6.21. The molecule has 0 bridgehead atoms. The first-order valence-corrected chi connectivity index (χ1v) is 8.41. The third-order valence-corrected chi connectivity index (χ3v) is 5.26.